The zero-order chi connectivity index (χ0) is 24.7. The number of sulfonamides is 1. The lowest BCUT2D eigenvalue weighted by atomic mass is 9.98. The van der Waals surface area contributed by atoms with Crippen molar-refractivity contribution < 1.29 is 27.5 Å². The van der Waals surface area contributed by atoms with Crippen molar-refractivity contribution in [2.75, 3.05) is 32.1 Å². The predicted molar refractivity (Wildman–Crippen MR) is 129 cm³/mol. The number of carbonyl (C=O) groups excluding carboxylic acids is 2. The lowest BCUT2D eigenvalue weighted by Crippen LogP contribution is -2.43. The lowest BCUT2D eigenvalue weighted by Gasteiger charge is -2.31. The van der Waals surface area contributed by atoms with Crippen LogP contribution in [-0.4, -0.2) is 51.4 Å². The van der Waals surface area contributed by atoms with Crippen molar-refractivity contribution in [2.45, 2.75) is 44.4 Å². The number of nitrogens with one attached hydrogen (secondary N) is 1. The Morgan fingerprint density at radius 2 is 1.88 bits per heavy atom. The van der Waals surface area contributed by atoms with Gasteiger partial charge in [-0.25, -0.2) is 13.2 Å². The molecular formula is C25H32N2O6S. The first-order valence-corrected chi connectivity index (χ1v) is 12.9. The minimum atomic E-state index is -3.81. The molecule has 0 bridgehead atoms. The van der Waals surface area contributed by atoms with Crippen LogP contribution >= 0.6 is 0 Å². The van der Waals surface area contributed by atoms with E-state index in [-0.39, 0.29) is 23.1 Å². The maximum Gasteiger partial charge on any atom is 0.338 e. The van der Waals surface area contributed by atoms with E-state index >= 15 is 0 Å². The average molecular weight is 489 g/mol. The van der Waals surface area contributed by atoms with Crippen molar-refractivity contribution in [1.82, 2.24) is 4.31 Å². The van der Waals surface area contributed by atoms with Crippen molar-refractivity contribution in [3.8, 4) is 5.75 Å². The molecule has 0 aromatic heterocycles. The van der Waals surface area contributed by atoms with Gasteiger partial charge in [-0.2, -0.15) is 4.31 Å². The molecule has 184 valence electrons. The van der Waals surface area contributed by atoms with E-state index < -0.39 is 21.9 Å². The van der Waals surface area contributed by atoms with E-state index in [1.54, 1.807) is 42.5 Å². The number of rotatable bonds is 9. The van der Waals surface area contributed by atoms with Gasteiger partial charge in [0, 0.05) is 18.8 Å². The number of esters is 1. The quantitative estimate of drug-likeness (QED) is 0.423. The number of anilines is 1. The van der Waals surface area contributed by atoms with Gasteiger partial charge < -0.3 is 14.8 Å². The highest BCUT2D eigenvalue weighted by Gasteiger charge is 2.35. The van der Waals surface area contributed by atoms with Gasteiger partial charge in [0.1, 0.15) is 10.6 Å². The number of ether oxygens (including phenoxy) is 2. The largest absolute Gasteiger partial charge is 0.495 e. The Balaban J connectivity index is 1.66. The van der Waals surface area contributed by atoms with Crippen LogP contribution in [0.5, 0.6) is 5.75 Å². The van der Waals surface area contributed by atoms with Crippen molar-refractivity contribution in [3.05, 3.63) is 53.6 Å². The second-order valence-electron chi connectivity index (χ2n) is 8.41. The van der Waals surface area contributed by atoms with Crippen LogP contribution in [0.3, 0.4) is 0 Å². The highest BCUT2D eigenvalue weighted by atomic mass is 32.2. The molecule has 0 unspecified atom stereocenters. The molecule has 8 nitrogen and oxygen atoms in total. The van der Waals surface area contributed by atoms with Gasteiger partial charge in [0.25, 0.3) is 0 Å². The average Bonchev–Trinajstić information content (AvgIpc) is 2.84. The summed E-state index contributed by atoms with van der Waals surface area (Å²) >= 11 is 0. The maximum atomic E-state index is 13.3. The highest BCUT2D eigenvalue weighted by molar-refractivity contribution is 7.89. The Bertz CT molecular complexity index is 1110. The van der Waals surface area contributed by atoms with Crippen LogP contribution in [0.25, 0.3) is 0 Å². The summed E-state index contributed by atoms with van der Waals surface area (Å²) < 4.78 is 38.4. The third kappa shape index (κ3) is 6.15. The fourth-order valence-corrected chi connectivity index (χ4v) is 5.59. The van der Waals surface area contributed by atoms with Crippen molar-refractivity contribution >= 4 is 27.6 Å². The van der Waals surface area contributed by atoms with E-state index in [9.17, 15) is 18.0 Å². The van der Waals surface area contributed by atoms with Gasteiger partial charge in [-0.15, -0.1) is 0 Å². The summed E-state index contributed by atoms with van der Waals surface area (Å²) in [6, 6.07) is 11.5. The molecule has 1 aliphatic rings. The molecule has 1 atom stereocenters. The summed E-state index contributed by atoms with van der Waals surface area (Å²) in [7, 11) is -2.38. The number of piperidine rings is 1. The Kier molecular flexibility index (Phi) is 8.68. The lowest BCUT2D eigenvalue weighted by molar-refractivity contribution is -0.120. The molecule has 1 heterocycles. The van der Waals surface area contributed by atoms with Crippen LogP contribution in [0.2, 0.25) is 0 Å². The number of unbranched alkanes of at least 4 members (excludes halogenated alkanes) is 1. The van der Waals surface area contributed by atoms with Gasteiger partial charge in [0.15, 0.2) is 0 Å². The van der Waals surface area contributed by atoms with E-state index in [0.29, 0.717) is 37.2 Å². The molecule has 2 aromatic carbocycles. The Hall–Kier alpha value is -2.91. The number of hydrogen-bond donors (Lipinski definition) is 1. The number of carbonyl (C=O) groups is 2. The number of aryl methyl sites for hydroxylation is 1. The summed E-state index contributed by atoms with van der Waals surface area (Å²) in [6.45, 7) is 4.65. The summed E-state index contributed by atoms with van der Waals surface area (Å²) in [4.78, 5) is 25.0. The van der Waals surface area contributed by atoms with Gasteiger partial charge >= 0.3 is 5.97 Å². The van der Waals surface area contributed by atoms with Gasteiger partial charge in [-0.05, 0) is 68.1 Å². The molecule has 2 aromatic rings. The molecule has 1 saturated heterocycles. The minimum absolute atomic E-state index is 0.0904. The fraction of sp³-hybridized carbons (Fsp3) is 0.440. The minimum Gasteiger partial charge on any atom is -0.495 e. The summed E-state index contributed by atoms with van der Waals surface area (Å²) in [5.41, 5.74) is 1.76. The molecule has 34 heavy (non-hydrogen) atoms. The molecule has 1 amide bonds. The number of benzene rings is 2. The van der Waals surface area contributed by atoms with Crippen molar-refractivity contribution in [2.24, 2.45) is 5.92 Å². The zero-order valence-corrected chi connectivity index (χ0v) is 20.7. The number of hydrogen-bond acceptors (Lipinski definition) is 6. The van der Waals surface area contributed by atoms with E-state index in [1.807, 2.05) is 13.8 Å². The van der Waals surface area contributed by atoms with Crippen LogP contribution in [-0.2, 0) is 19.6 Å². The predicted octanol–water partition coefficient (Wildman–Crippen LogP) is 4.00. The fourth-order valence-electron chi connectivity index (χ4n) is 3.83. The molecule has 1 fully saturated rings. The molecule has 0 saturated carbocycles. The summed E-state index contributed by atoms with van der Waals surface area (Å²) in [5, 5.41) is 2.84. The molecule has 1 aliphatic heterocycles. The first-order valence-electron chi connectivity index (χ1n) is 11.5. The summed E-state index contributed by atoms with van der Waals surface area (Å²) in [6.07, 6.45) is 2.92. The smallest absolute Gasteiger partial charge is 0.338 e. The molecule has 1 N–H and O–H groups in total. The zero-order valence-electron chi connectivity index (χ0n) is 19.9. The molecular weight excluding hydrogens is 456 g/mol. The highest BCUT2D eigenvalue weighted by Crippen LogP contribution is 2.31. The van der Waals surface area contributed by atoms with Crippen molar-refractivity contribution in [3.63, 3.8) is 0 Å². The van der Waals surface area contributed by atoms with Gasteiger partial charge in [0.05, 0.1) is 25.2 Å². The monoisotopic (exact) mass is 488 g/mol. The molecule has 0 radical (unpaired) electrons. The van der Waals surface area contributed by atoms with Crippen LogP contribution in [0.15, 0.2) is 47.4 Å². The van der Waals surface area contributed by atoms with E-state index in [1.165, 1.54) is 11.4 Å². The molecule has 0 spiro atoms. The number of nitrogens with zero attached hydrogens (tertiary/aromatic N) is 1. The standard InChI is InChI=1S/C25H32N2O6S/c1-4-5-15-33-25(29)19-9-11-21(12-10-19)26-24(28)20-7-6-14-27(17-20)34(30,31)23-16-18(2)8-13-22(23)32-3/h8-13,16,20H,4-7,14-15,17H2,1-3H3,(H,26,28)/t20-/m1/s1. The van der Waals surface area contributed by atoms with Crippen LogP contribution < -0.4 is 10.1 Å². The van der Waals surface area contributed by atoms with E-state index in [0.717, 1.165) is 18.4 Å². The van der Waals surface area contributed by atoms with E-state index in [2.05, 4.69) is 5.32 Å². The van der Waals surface area contributed by atoms with Gasteiger partial charge in [-0.3, -0.25) is 4.79 Å². The topological polar surface area (TPSA) is 102 Å². The van der Waals surface area contributed by atoms with Crippen LogP contribution in [0.1, 0.15) is 48.5 Å². The second-order valence-corrected chi connectivity index (χ2v) is 10.3. The SMILES string of the molecule is CCCCOC(=O)c1ccc(NC(=O)[C@@H]2CCCN(S(=O)(=O)c3cc(C)ccc3OC)C2)cc1. The Labute approximate surface area is 201 Å². The summed E-state index contributed by atoms with van der Waals surface area (Å²) in [5.74, 6) is -0.857. The van der Waals surface area contributed by atoms with E-state index in [4.69, 9.17) is 9.47 Å². The van der Waals surface area contributed by atoms with Crippen LogP contribution in [0.4, 0.5) is 5.69 Å². The molecule has 0 aliphatic carbocycles. The number of methoxy groups -OCH3 is 1. The second kappa shape index (κ2) is 11.5. The third-order valence-corrected chi connectivity index (χ3v) is 7.70. The van der Waals surface area contributed by atoms with Gasteiger partial charge in [-0.1, -0.05) is 19.4 Å². The first kappa shape index (κ1) is 25.7. The van der Waals surface area contributed by atoms with Crippen LogP contribution in [0, 0.1) is 12.8 Å². The van der Waals surface area contributed by atoms with Gasteiger partial charge in [0.2, 0.25) is 15.9 Å². The van der Waals surface area contributed by atoms with Crippen molar-refractivity contribution in [1.29, 1.82) is 0 Å². The first-order chi connectivity index (χ1) is 16.3. The Morgan fingerprint density at radius 3 is 2.56 bits per heavy atom. The number of amides is 1. The molecule has 9 heteroatoms. The molecule has 3 rings (SSSR count). The maximum absolute atomic E-state index is 13.3. The normalized spacial score (nSPS) is 16.6. The Morgan fingerprint density at radius 1 is 1.15 bits per heavy atom. The third-order valence-electron chi connectivity index (χ3n) is 5.81.